The number of nitrogens with one attached hydrogen (secondary N) is 2. The summed E-state index contributed by atoms with van der Waals surface area (Å²) >= 11 is 3.19. The summed E-state index contributed by atoms with van der Waals surface area (Å²) in [6.45, 7) is 0.423. The predicted molar refractivity (Wildman–Crippen MR) is 111 cm³/mol. The largest absolute Gasteiger partial charge is 0.451 e. The number of amides is 1. The first kappa shape index (κ1) is 23.5. The standard InChI is InChI=1S/C19H18BrN3O6S/c1-12(18(25)22-15-4-2-3-13(9-15)10-21)29-19(26)17(11-24)23-30(27,28)16-7-5-14(20)6-8-16/h2-9,12,17,23-24H,11H2,1H3,(H,22,25). The zero-order chi connectivity index (χ0) is 22.3. The third kappa shape index (κ3) is 6.36. The van der Waals surface area contributed by atoms with E-state index < -0.39 is 40.7 Å². The Morgan fingerprint density at radius 2 is 1.90 bits per heavy atom. The molecule has 0 spiro atoms. The van der Waals surface area contributed by atoms with Crippen LogP contribution in [0.25, 0.3) is 0 Å². The summed E-state index contributed by atoms with van der Waals surface area (Å²) < 4.78 is 32.5. The lowest BCUT2D eigenvalue weighted by atomic mass is 10.2. The molecule has 0 aliphatic heterocycles. The maximum Gasteiger partial charge on any atom is 0.327 e. The van der Waals surface area contributed by atoms with E-state index in [1.807, 2.05) is 6.07 Å². The highest BCUT2D eigenvalue weighted by molar-refractivity contribution is 9.10. The molecule has 30 heavy (non-hydrogen) atoms. The molecule has 2 atom stereocenters. The number of nitriles is 1. The van der Waals surface area contributed by atoms with Gasteiger partial charge in [0.15, 0.2) is 6.10 Å². The molecule has 9 nitrogen and oxygen atoms in total. The number of esters is 1. The van der Waals surface area contributed by atoms with Crippen LogP contribution in [0.4, 0.5) is 5.69 Å². The fourth-order valence-electron chi connectivity index (χ4n) is 2.25. The summed E-state index contributed by atoms with van der Waals surface area (Å²) in [5, 5.41) is 20.8. The smallest absolute Gasteiger partial charge is 0.327 e. The number of hydrogen-bond donors (Lipinski definition) is 3. The molecule has 0 saturated carbocycles. The fourth-order valence-corrected chi connectivity index (χ4v) is 3.69. The zero-order valence-electron chi connectivity index (χ0n) is 15.7. The summed E-state index contributed by atoms with van der Waals surface area (Å²) in [4.78, 5) is 24.4. The van der Waals surface area contributed by atoms with Gasteiger partial charge < -0.3 is 15.2 Å². The number of rotatable bonds is 8. The minimum Gasteiger partial charge on any atom is -0.451 e. The number of carbonyl (C=O) groups is 2. The topological polar surface area (TPSA) is 146 Å². The van der Waals surface area contributed by atoms with Crippen molar-refractivity contribution < 1.29 is 27.9 Å². The zero-order valence-corrected chi connectivity index (χ0v) is 18.1. The second-order valence-corrected chi connectivity index (χ2v) is 8.70. The Morgan fingerprint density at radius 3 is 2.50 bits per heavy atom. The molecule has 158 valence electrons. The van der Waals surface area contributed by atoms with E-state index in [-0.39, 0.29) is 4.90 Å². The van der Waals surface area contributed by atoms with Gasteiger partial charge in [-0.2, -0.15) is 9.98 Å². The van der Waals surface area contributed by atoms with Crippen LogP contribution in [0.1, 0.15) is 12.5 Å². The van der Waals surface area contributed by atoms with Crippen LogP contribution in [0.15, 0.2) is 57.9 Å². The van der Waals surface area contributed by atoms with E-state index in [9.17, 15) is 23.1 Å². The lowest BCUT2D eigenvalue weighted by molar-refractivity contribution is -0.155. The molecular formula is C19H18BrN3O6S. The van der Waals surface area contributed by atoms with Gasteiger partial charge >= 0.3 is 5.97 Å². The Kier molecular flexibility index (Phi) is 8.08. The maximum absolute atomic E-state index is 12.4. The lowest BCUT2D eigenvalue weighted by Crippen LogP contribution is -2.46. The van der Waals surface area contributed by atoms with E-state index in [1.165, 1.54) is 37.3 Å². The Morgan fingerprint density at radius 1 is 1.23 bits per heavy atom. The van der Waals surface area contributed by atoms with Gasteiger partial charge in [-0.05, 0) is 49.4 Å². The van der Waals surface area contributed by atoms with Crippen LogP contribution in [0.3, 0.4) is 0 Å². The Balaban J connectivity index is 2.02. The quantitative estimate of drug-likeness (QED) is 0.470. The second kappa shape index (κ2) is 10.3. The first-order valence-electron chi connectivity index (χ1n) is 8.56. The first-order valence-corrected chi connectivity index (χ1v) is 10.8. The number of sulfonamides is 1. The van der Waals surface area contributed by atoms with Crippen molar-refractivity contribution in [3.63, 3.8) is 0 Å². The van der Waals surface area contributed by atoms with Crippen molar-refractivity contribution in [2.75, 3.05) is 11.9 Å². The van der Waals surface area contributed by atoms with Crippen molar-refractivity contribution in [1.29, 1.82) is 5.26 Å². The van der Waals surface area contributed by atoms with E-state index >= 15 is 0 Å². The van der Waals surface area contributed by atoms with Crippen molar-refractivity contribution in [1.82, 2.24) is 4.72 Å². The monoisotopic (exact) mass is 495 g/mol. The number of ether oxygens (including phenoxy) is 1. The predicted octanol–water partition coefficient (Wildman–Crippen LogP) is 1.53. The average molecular weight is 496 g/mol. The van der Waals surface area contributed by atoms with E-state index in [2.05, 4.69) is 26.0 Å². The third-order valence-corrected chi connectivity index (χ3v) is 5.83. The van der Waals surface area contributed by atoms with Crippen molar-refractivity contribution in [3.8, 4) is 6.07 Å². The minimum absolute atomic E-state index is 0.111. The number of aliphatic hydroxyl groups excluding tert-OH is 1. The molecule has 3 N–H and O–H groups in total. The van der Waals surface area contributed by atoms with Crippen LogP contribution in [0.2, 0.25) is 0 Å². The highest BCUT2D eigenvalue weighted by Gasteiger charge is 2.29. The molecule has 2 rings (SSSR count). The van der Waals surface area contributed by atoms with Crippen LogP contribution < -0.4 is 10.0 Å². The van der Waals surface area contributed by atoms with Gasteiger partial charge in [-0.3, -0.25) is 9.59 Å². The van der Waals surface area contributed by atoms with Crippen LogP contribution >= 0.6 is 15.9 Å². The molecule has 0 saturated heterocycles. The van der Waals surface area contributed by atoms with Gasteiger partial charge in [-0.15, -0.1) is 0 Å². The molecule has 1 amide bonds. The number of nitrogens with zero attached hydrogens (tertiary/aromatic N) is 1. The number of carbonyl (C=O) groups excluding carboxylic acids is 2. The van der Waals surface area contributed by atoms with Gasteiger partial charge in [0.25, 0.3) is 5.91 Å². The molecule has 0 aliphatic carbocycles. The van der Waals surface area contributed by atoms with Crippen LogP contribution in [0, 0.1) is 11.3 Å². The van der Waals surface area contributed by atoms with Gasteiger partial charge in [0.2, 0.25) is 10.0 Å². The third-order valence-electron chi connectivity index (χ3n) is 3.81. The van der Waals surface area contributed by atoms with E-state index in [4.69, 9.17) is 10.00 Å². The maximum atomic E-state index is 12.4. The molecule has 2 aromatic rings. The molecule has 2 aromatic carbocycles. The summed E-state index contributed by atoms with van der Waals surface area (Å²) in [6, 6.07) is 12.1. The van der Waals surface area contributed by atoms with Gasteiger partial charge in [-0.1, -0.05) is 22.0 Å². The number of anilines is 1. The van der Waals surface area contributed by atoms with Crippen LogP contribution in [-0.4, -0.2) is 44.2 Å². The summed E-state index contributed by atoms with van der Waals surface area (Å²) in [5.41, 5.74) is 0.664. The molecular weight excluding hydrogens is 478 g/mol. The highest BCUT2D eigenvalue weighted by Crippen LogP contribution is 2.15. The van der Waals surface area contributed by atoms with E-state index in [0.717, 1.165) is 0 Å². The minimum atomic E-state index is -4.11. The van der Waals surface area contributed by atoms with Gasteiger partial charge in [0, 0.05) is 10.2 Å². The lowest BCUT2D eigenvalue weighted by Gasteiger charge is -2.19. The summed E-state index contributed by atoms with van der Waals surface area (Å²) in [7, 11) is -4.11. The first-order chi connectivity index (χ1) is 14.2. The Hall–Kier alpha value is -2.78. The fraction of sp³-hybridized carbons (Fsp3) is 0.211. The van der Waals surface area contributed by atoms with Crippen molar-refractivity contribution in [3.05, 3.63) is 58.6 Å². The second-order valence-electron chi connectivity index (χ2n) is 6.07. The molecule has 0 fully saturated rings. The van der Waals surface area contributed by atoms with E-state index in [0.29, 0.717) is 15.7 Å². The molecule has 0 heterocycles. The summed E-state index contributed by atoms with van der Waals surface area (Å²) in [6.07, 6.45) is -1.28. The van der Waals surface area contributed by atoms with Crippen molar-refractivity contribution >= 4 is 43.5 Å². The molecule has 0 aliphatic rings. The van der Waals surface area contributed by atoms with Crippen LogP contribution in [-0.2, 0) is 24.3 Å². The Bertz CT molecular complexity index is 1070. The van der Waals surface area contributed by atoms with Gasteiger partial charge in [0.1, 0.15) is 6.04 Å². The van der Waals surface area contributed by atoms with Gasteiger partial charge in [-0.25, -0.2) is 8.42 Å². The SMILES string of the molecule is CC(OC(=O)C(CO)NS(=O)(=O)c1ccc(Br)cc1)C(=O)Nc1cccc(C#N)c1. The molecule has 11 heteroatoms. The number of aliphatic hydroxyl groups is 1. The van der Waals surface area contributed by atoms with Crippen LogP contribution in [0.5, 0.6) is 0 Å². The molecule has 0 aromatic heterocycles. The number of halogens is 1. The molecule has 0 bridgehead atoms. The number of benzene rings is 2. The number of hydrogen-bond acceptors (Lipinski definition) is 7. The molecule has 0 radical (unpaired) electrons. The van der Waals surface area contributed by atoms with Crippen molar-refractivity contribution in [2.45, 2.75) is 24.0 Å². The molecule has 2 unspecified atom stereocenters. The summed E-state index contributed by atoms with van der Waals surface area (Å²) in [5.74, 6) is -1.81. The van der Waals surface area contributed by atoms with Crippen molar-refractivity contribution in [2.24, 2.45) is 0 Å². The highest BCUT2D eigenvalue weighted by atomic mass is 79.9. The Labute approximate surface area is 181 Å². The normalized spacial score (nSPS) is 13.0. The average Bonchev–Trinajstić information content (AvgIpc) is 2.72. The van der Waals surface area contributed by atoms with Gasteiger partial charge in [0.05, 0.1) is 23.1 Å². The van der Waals surface area contributed by atoms with E-state index in [1.54, 1.807) is 18.2 Å².